The van der Waals surface area contributed by atoms with Gasteiger partial charge in [-0.3, -0.25) is 9.59 Å². The van der Waals surface area contributed by atoms with Gasteiger partial charge in [0.1, 0.15) is 11.5 Å². The van der Waals surface area contributed by atoms with Crippen molar-refractivity contribution < 1.29 is 14.0 Å². The molecule has 0 saturated carbocycles. The molecule has 138 valence electrons. The minimum Gasteiger partial charge on any atom is -0.350 e. The van der Waals surface area contributed by atoms with Gasteiger partial charge in [-0.2, -0.15) is 0 Å². The second kappa shape index (κ2) is 7.12. The van der Waals surface area contributed by atoms with Crippen molar-refractivity contribution in [2.24, 2.45) is 0 Å². The van der Waals surface area contributed by atoms with E-state index in [1.54, 1.807) is 12.1 Å². The Morgan fingerprint density at radius 1 is 0.786 bits per heavy atom. The Bertz CT molecular complexity index is 1090. The highest BCUT2D eigenvalue weighted by molar-refractivity contribution is 6.46. The molecule has 0 aliphatic carbocycles. The summed E-state index contributed by atoms with van der Waals surface area (Å²) in [7, 11) is 0. The zero-order chi connectivity index (χ0) is 19.7. The van der Waals surface area contributed by atoms with Crippen molar-refractivity contribution in [3.05, 3.63) is 102 Å². The van der Waals surface area contributed by atoms with Gasteiger partial charge in [0.05, 0.1) is 11.3 Å². The van der Waals surface area contributed by atoms with Crippen molar-refractivity contribution in [3.8, 4) is 0 Å². The predicted molar refractivity (Wildman–Crippen MR) is 107 cm³/mol. The van der Waals surface area contributed by atoms with Gasteiger partial charge in [-0.15, -0.1) is 0 Å². The van der Waals surface area contributed by atoms with Gasteiger partial charge in [0.15, 0.2) is 0 Å². The number of hydrogen-bond acceptors (Lipinski definition) is 3. The zero-order valence-electron chi connectivity index (χ0n) is 15.1. The highest BCUT2D eigenvalue weighted by Crippen LogP contribution is 2.34. The van der Waals surface area contributed by atoms with Crippen LogP contribution in [-0.4, -0.2) is 11.8 Å². The largest absolute Gasteiger partial charge is 0.350 e. The van der Waals surface area contributed by atoms with Crippen LogP contribution in [0, 0.1) is 12.7 Å². The Hall–Kier alpha value is -3.73. The molecule has 2 amide bonds. The van der Waals surface area contributed by atoms with Crippen molar-refractivity contribution in [1.82, 2.24) is 0 Å². The molecule has 0 spiro atoms. The topological polar surface area (TPSA) is 49.4 Å². The second-order valence-electron chi connectivity index (χ2n) is 6.48. The van der Waals surface area contributed by atoms with Gasteiger partial charge in [0.25, 0.3) is 11.8 Å². The van der Waals surface area contributed by atoms with Crippen LogP contribution in [0.5, 0.6) is 0 Å². The van der Waals surface area contributed by atoms with Crippen LogP contribution in [0.4, 0.5) is 15.8 Å². The van der Waals surface area contributed by atoms with Crippen LogP contribution in [-0.2, 0) is 9.59 Å². The van der Waals surface area contributed by atoms with Crippen molar-refractivity contribution in [2.75, 3.05) is 10.2 Å². The van der Waals surface area contributed by atoms with Crippen LogP contribution in [0.2, 0.25) is 0 Å². The minimum atomic E-state index is -0.442. The molecule has 28 heavy (non-hydrogen) atoms. The maximum absolute atomic E-state index is 13.4. The van der Waals surface area contributed by atoms with Crippen molar-refractivity contribution in [2.45, 2.75) is 6.92 Å². The fraction of sp³-hybridized carbons (Fsp3) is 0.0435. The first-order chi connectivity index (χ1) is 13.6. The lowest BCUT2D eigenvalue weighted by atomic mass is 10.0. The maximum Gasteiger partial charge on any atom is 0.282 e. The third-order valence-corrected chi connectivity index (χ3v) is 4.62. The molecule has 1 aliphatic heterocycles. The van der Waals surface area contributed by atoms with Crippen molar-refractivity contribution in [3.63, 3.8) is 0 Å². The molecule has 1 N–H and O–H groups in total. The number of carbonyl (C=O) groups excluding carboxylic acids is 2. The number of halogens is 1. The minimum absolute atomic E-state index is 0.172. The lowest BCUT2D eigenvalue weighted by molar-refractivity contribution is -0.120. The second-order valence-corrected chi connectivity index (χ2v) is 6.48. The average molecular weight is 372 g/mol. The van der Waals surface area contributed by atoms with E-state index in [4.69, 9.17) is 0 Å². The Morgan fingerprint density at radius 3 is 2.11 bits per heavy atom. The van der Waals surface area contributed by atoms with Gasteiger partial charge in [-0.05, 0) is 48.4 Å². The van der Waals surface area contributed by atoms with E-state index < -0.39 is 17.6 Å². The van der Waals surface area contributed by atoms with Gasteiger partial charge >= 0.3 is 0 Å². The average Bonchev–Trinajstić information content (AvgIpc) is 2.94. The Morgan fingerprint density at radius 2 is 1.43 bits per heavy atom. The molecule has 0 fully saturated rings. The van der Waals surface area contributed by atoms with Crippen LogP contribution in [0.3, 0.4) is 0 Å². The fourth-order valence-electron chi connectivity index (χ4n) is 3.23. The molecule has 0 bridgehead atoms. The van der Waals surface area contributed by atoms with E-state index in [-0.39, 0.29) is 11.3 Å². The Kier molecular flexibility index (Phi) is 4.49. The first-order valence-electron chi connectivity index (χ1n) is 8.83. The lowest BCUT2D eigenvalue weighted by Crippen LogP contribution is -2.33. The molecule has 3 aromatic carbocycles. The van der Waals surface area contributed by atoms with E-state index in [0.29, 0.717) is 16.9 Å². The summed E-state index contributed by atoms with van der Waals surface area (Å²) in [5.74, 6) is -1.29. The van der Waals surface area contributed by atoms with Crippen molar-refractivity contribution in [1.29, 1.82) is 0 Å². The zero-order valence-corrected chi connectivity index (χ0v) is 15.1. The summed E-state index contributed by atoms with van der Waals surface area (Å²) >= 11 is 0. The number of benzene rings is 3. The molecule has 0 unspecified atom stereocenters. The molecule has 0 saturated heterocycles. The molecular formula is C23H17FN2O2. The highest BCUT2D eigenvalue weighted by Gasteiger charge is 2.40. The van der Waals surface area contributed by atoms with E-state index >= 15 is 0 Å². The molecule has 4 rings (SSSR count). The number of anilines is 2. The van der Waals surface area contributed by atoms with Gasteiger partial charge < -0.3 is 5.32 Å². The summed E-state index contributed by atoms with van der Waals surface area (Å²) in [6.45, 7) is 1.84. The molecule has 4 nitrogen and oxygen atoms in total. The lowest BCUT2D eigenvalue weighted by Gasteiger charge is -2.17. The molecular weight excluding hydrogens is 355 g/mol. The summed E-state index contributed by atoms with van der Waals surface area (Å²) in [5.41, 5.74) is 2.90. The smallest absolute Gasteiger partial charge is 0.282 e. The van der Waals surface area contributed by atoms with Crippen molar-refractivity contribution >= 4 is 28.8 Å². The fourth-order valence-corrected chi connectivity index (χ4v) is 3.23. The summed E-state index contributed by atoms with van der Waals surface area (Å²) in [6, 6.07) is 21.9. The molecule has 1 aliphatic rings. The maximum atomic E-state index is 13.4. The normalized spacial score (nSPS) is 14.0. The number of aryl methyl sites for hydroxylation is 1. The standard InChI is InChI=1S/C23H17FN2O2/c1-15-7-5-6-10-19(15)26-22(27)20(16-11-13-17(24)14-12-16)21(23(26)28)25-18-8-3-2-4-9-18/h2-14,25H,1H3. The van der Waals surface area contributed by atoms with Crippen LogP contribution in [0.1, 0.15) is 11.1 Å². The molecule has 0 atom stereocenters. The molecule has 1 heterocycles. The third kappa shape index (κ3) is 3.07. The van der Waals surface area contributed by atoms with Gasteiger partial charge in [-0.25, -0.2) is 9.29 Å². The van der Waals surface area contributed by atoms with E-state index in [9.17, 15) is 14.0 Å². The first-order valence-corrected chi connectivity index (χ1v) is 8.83. The van der Waals surface area contributed by atoms with E-state index in [1.807, 2.05) is 49.4 Å². The van der Waals surface area contributed by atoms with Crippen LogP contribution < -0.4 is 10.2 Å². The summed E-state index contributed by atoms with van der Waals surface area (Å²) in [5, 5.41) is 3.08. The number of rotatable bonds is 4. The third-order valence-electron chi connectivity index (χ3n) is 4.62. The van der Waals surface area contributed by atoms with Gasteiger partial charge in [0.2, 0.25) is 0 Å². The summed E-state index contributed by atoms with van der Waals surface area (Å²) in [4.78, 5) is 27.7. The van der Waals surface area contributed by atoms with Gasteiger partial charge in [-0.1, -0.05) is 48.5 Å². The SMILES string of the molecule is Cc1ccccc1N1C(=O)C(Nc2ccccc2)=C(c2ccc(F)cc2)C1=O. The number of nitrogens with zero attached hydrogens (tertiary/aromatic N) is 1. The first kappa shape index (κ1) is 17.7. The van der Waals surface area contributed by atoms with E-state index in [0.717, 1.165) is 5.56 Å². The van der Waals surface area contributed by atoms with Crippen LogP contribution in [0.25, 0.3) is 5.57 Å². The molecule has 0 radical (unpaired) electrons. The quantitative estimate of drug-likeness (QED) is 0.685. The Labute approximate surface area is 161 Å². The highest BCUT2D eigenvalue weighted by atomic mass is 19.1. The number of hydrogen-bond donors (Lipinski definition) is 1. The monoisotopic (exact) mass is 372 g/mol. The number of para-hydroxylation sites is 2. The number of carbonyl (C=O) groups is 2. The summed E-state index contributed by atoms with van der Waals surface area (Å²) in [6.07, 6.45) is 0. The Balaban J connectivity index is 1.84. The van der Waals surface area contributed by atoms with Crippen LogP contribution in [0.15, 0.2) is 84.6 Å². The van der Waals surface area contributed by atoms with E-state index in [2.05, 4.69) is 5.32 Å². The molecule has 0 aromatic heterocycles. The number of imide groups is 1. The molecule has 5 heteroatoms. The van der Waals surface area contributed by atoms with Gasteiger partial charge in [0, 0.05) is 5.69 Å². The van der Waals surface area contributed by atoms with E-state index in [1.165, 1.54) is 29.2 Å². The predicted octanol–water partition coefficient (Wildman–Crippen LogP) is 4.53. The molecule has 3 aromatic rings. The number of nitrogens with one attached hydrogen (secondary N) is 1. The summed E-state index contributed by atoms with van der Waals surface area (Å²) < 4.78 is 13.4. The number of amides is 2. The van der Waals surface area contributed by atoms with Crippen LogP contribution >= 0.6 is 0 Å².